The summed E-state index contributed by atoms with van der Waals surface area (Å²) in [5.74, 6) is 1.03. The summed E-state index contributed by atoms with van der Waals surface area (Å²) in [5, 5.41) is 3.40. The first-order valence-electron chi connectivity index (χ1n) is 6.83. The van der Waals surface area contributed by atoms with E-state index in [2.05, 4.69) is 54.2 Å². The minimum Gasteiger partial charge on any atom is -0.367 e. The Kier molecular flexibility index (Phi) is 4.03. The van der Waals surface area contributed by atoms with E-state index in [-0.39, 0.29) is 0 Å². The van der Waals surface area contributed by atoms with Gasteiger partial charge in [-0.15, -0.1) is 0 Å². The van der Waals surface area contributed by atoms with Crippen LogP contribution in [0, 0.1) is 0 Å². The second-order valence-corrected chi connectivity index (χ2v) is 5.77. The van der Waals surface area contributed by atoms with Crippen molar-refractivity contribution < 1.29 is 0 Å². The molecule has 0 amide bonds. The standard InChI is InChI=1S/C14H18BrN5/c1-20(7-4-10-2-5-16-8-10)13-11-9-17-6-3-12(11)18-14(15)19-13/h2,5,8,16-17H,3-4,6-7,9H2,1H3. The van der Waals surface area contributed by atoms with Crippen molar-refractivity contribution in [3.8, 4) is 0 Å². The quantitative estimate of drug-likeness (QED) is 0.838. The molecular formula is C14H18BrN5. The molecule has 0 atom stereocenters. The van der Waals surface area contributed by atoms with Crippen LogP contribution in [-0.4, -0.2) is 35.1 Å². The molecule has 0 spiro atoms. The van der Waals surface area contributed by atoms with Gasteiger partial charge in [-0.05, 0) is 34.0 Å². The number of likely N-dealkylation sites (N-methyl/N-ethyl adjacent to an activating group) is 1. The van der Waals surface area contributed by atoms with Crippen molar-refractivity contribution in [1.82, 2.24) is 20.3 Å². The van der Waals surface area contributed by atoms with Crippen LogP contribution >= 0.6 is 15.9 Å². The van der Waals surface area contributed by atoms with Crippen molar-refractivity contribution in [1.29, 1.82) is 0 Å². The van der Waals surface area contributed by atoms with Crippen molar-refractivity contribution in [3.05, 3.63) is 40.0 Å². The van der Waals surface area contributed by atoms with Crippen LogP contribution in [0.25, 0.3) is 0 Å². The fourth-order valence-electron chi connectivity index (χ4n) is 2.53. The molecule has 3 rings (SSSR count). The number of H-pyrrole nitrogens is 1. The summed E-state index contributed by atoms with van der Waals surface area (Å²) in [5.41, 5.74) is 3.71. The molecule has 5 nitrogen and oxygen atoms in total. The Balaban J connectivity index is 1.79. The molecule has 2 aromatic rings. The van der Waals surface area contributed by atoms with Gasteiger partial charge in [0.15, 0.2) is 4.73 Å². The molecule has 2 N–H and O–H groups in total. The summed E-state index contributed by atoms with van der Waals surface area (Å²) in [6, 6.07) is 2.11. The minimum atomic E-state index is 0.682. The first-order chi connectivity index (χ1) is 9.74. The van der Waals surface area contributed by atoms with Gasteiger partial charge >= 0.3 is 0 Å². The van der Waals surface area contributed by atoms with Gasteiger partial charge in [-0.25, -0.2) is 9.97 Å². The van der Waals surface area contributed by atoms with Crippen LogP contribution in [0.3, 0.4) is 0 Å². The molecule has 1 aliphatic heterocycles. The third-order valence-corrected chi connectivity index (χ3v) is 4.00. The highest BCUT2D eigenvalue weighted by atomic mass is 79.9. The number of nitrogens with zero attached hydrogens (tertiary/aromatic N) is 3. The third kappa shape index (κ3) is 2.86. The average Bonchev–Trinajstić information content (AvgIpc) is 2.97. The van der Waals surface area contributed by atoms with E-state index in [1.165, 1.54) is 11.1 Å². The number of anilines is 1. The predicted octanol–water partition coefficient (Wildman–Crippen LogP) is 1.89. The summed E-state index contributed by atoms with van der Waals surface area (Å²) < 4.78 is 0.682. The molecule has 0 radical (unpaired) electrons. The number of rotatable bonds is 4. The monoisotopic (exact) mass is 335 g/mol. The van der Waals surface area contributed by atoms with Gasteiger partial charge < -0.3 is 15.2 Å². The van der Waals surface area contributed by atoms with Gasteiger partial charge in [0.2, 0.25) is 0 Å². The summed E-state index contributed by atoms with van der Waals surface area (Å²) >= 11 is 3.43. The molecule has 106 valence electrons. The maximum atomic E-state index is 4.57. The highest BCUT2D eigenvalue weighted by molar-refractivity contribution is 9.10. The average molecular weight is 336 g/mol. The number of aromatic amines is 1. The van der Waals surface area contributed by atoms with Crippen molar-refractivity contribution >= 4 is 21.7 Å². The highest BCUT2D eigenvalue weighted by Crippen LogP contribution is 2.24. The number of nitrogens with one attached hydrogen (secondary N) is 2. The second kappa shape index (κ2) is 5.93. The van der Waals surface area contributed by atoms with Crippen LogP contribution in [0.4, 0.5) is 5.82 Å². The van der Waals surface area contributed by atoms with Crippen LogP contribution in [0.1, 0.15) is 16.8 Å². The lowest BCUT2D eigenvalue weighted by Gasteiger charge is -2.25. The summed E-state index contributed by atoms with van der Waals surface area (Å²) in [6.07, 6.45) is 5.97. The number of aromatic nitrogens is 3. The molecule has 0 saturated carbocycles. The van der Waals surface area contributed by atoms with Crippen LogP contribution in [0.15, 0.2) is 23.2 Å². The molecule has 0 fully saturated rings. The maximum absolute atomic E-state index is 4.57. The zero-order valence-corrected chi connectivity index (χ0v) is 13.1. The highest BCUT2D eigenvalue weighted by Gasteiger charge is 2.19. The van der Waals surface area contributed by atoms with E-state index in [9.17, 15) is 0 Å². The molecule has 0 aliphatic carbocycles. The number of fused-ring (bicyclic) bond motifs is 1. The van der Waals surface area contributed by atoms with E-state index in [0.717, 1.165) is 44.0 Å². The van der Waals surface area contributed by atoms with Crippen LogP contribution in [-0.2, 0) is 19.4 Å². The normalized spacial score (nSPS) is 14.1. The van der Waals surface area contributed by atoms with Gasteiger partial charge in [0.05, 0.1) is 5.69 Å². The third-order valence-electron chi connectivity index (χ3n) is 3.64. The number of hydrogen-bond acceptors (Lipinski definition) is 4. The van der Waals surface area contributed by atoms with Gasteiger partial charge in [-0.2, -0.15) is 0 Å². The fourth-order valence-corrected chi connectivity index (χ4v) is 2.91. The molecule has 1 aliphatic rings. The van der Waals surface area contributed by atoms with Crippen LogP contribution < -0.4 is 10.2 Å². The summed E-state index contributed by atoms with van der Waals surface area (Å²) in [7, 11) is 2.09. The summed E-state index contributed by atoms with van der Waals surface area (Å²) in [6.45, 7) is 2.78. The zero-order valence-electron chi connectivity index (χ0n) is 11.5. The smallest absolute Gasteiger partial charge is 0.198 e. The van der Waals surface area contributed by atoms with Gasteiger partial charge in [-0.3, -0.25) is 0 Å². The SMILES string of the molecule is CN(CCc1cc[nH]c1)c1nc(Br)nc2c1CNCC2. The van der Waals surface area contributed by atoms with E-state index in [1.807, 2.05) is 12.4 Å². The van der Waals surface area contributed by atoms with E-state index in [0.29, 0.717) is 4.73 Å². The Morgan fingerprint density at radius 3 is 3.10 bits per heavy atom. The molecular weight excluding hydrogens is 318 g/mol. The molecule has 0 aromatic carbocycles. The first-order valence-corrected chi connectivity index (χ1v) is 7.62. The van der Waals surface area contributed by atoms with Gasteiger partial charge in [0.25, 0.3) is 0 Å². The van der Waals surface area contributed by atoms with E-state index in [4.69, 9.17) is 0 Å². The lowest BCUT2D eigenvalue weighted by molar-refractivity contribution is 0.620. The predicted molar refractivity (Wildman–Crippen MR) is 82.9 cm³/mol. The van der Waals surface area contributed by atoms with E-state index in [1.54, 1.807) is 0 Å². The Morgan fingerprint density at radius 1 is 1.40 bits per heavy atom. The molecule has 0 saturated heterocycles. The van der Waals surface area contributed by atoms with Gasteiger partial charge in [0.1, 0.15) is 5.82 Å². The Hall–Kier alpha value is -1.40. The number of halogens is 1. The molecule has 0 unspecified atom stereocenters. The first kappa shape index (κ1) is 13.6. The molecule has 0 bridgehead atoms. The molecule has 6 heteroatoms. The Labute approximate surface area is 126 Å². The number of hydrogen-bond donors (Lipinski definition) is 2. The molecule has 3 heterocycles. The Morgan fingerprint density at radius 2 is 2.30 bits per heavy atom. The lowest BCUT2D eigenvalue weighted by atomic mass is 10.1. The summed E-state index contributed by atoms with van der Waals surface area (Å²) in [4.78, 5) is 14.4. The molecule has 2 aromatic heterocycles. The van der Waals surface area contributed by atoms with Crippen molar-refractivity contribution in [2.45, 2.75) is 19.4 Å². The molecule has 20 heavy (non-hydrogen) atoms. The largest absolute Gasteiger partial charge is 0.367 e. The maximum Gasteiger partial charge on any atom is 0.198 e. The Bertz CT molecular complexity index is 582. The topological polar surface area (TPSA) is 56.8 Å². The van der Waals surface area contributed by atoms with Gasteiger partial charge in [0, 0.05) is 51.1 Å². The lowest BCUT2D eigenvalue weighted by Crippen LogP contribution is -2.30. The minimum absolute atomic E-state index is 0.682. The second-order valence-electron chi connectivity index (χ2n) is 5.06. The van der Waals surface area contributed by atoms with Crippen LogP contribution in [0.2, 0.25) is 0 Å². The van der Waals surface area contributed by atoms with Crippen LogP contribution in [0.5, 0.6) is 0 Å². The fraction of sp³-hybridized carbons (Fsp3) is 0.429. The van der Waals surface area contributed by atoms with Crippen molar-refractivity contribution in [2.75, 3.05) is 25.0 Å². The van der Waals surface area contributed by atoms with E-state index < -0.39 is 0 Å². The van der Waals surface area contributed by atoms with Crippen molar-refractivity contribution in [3.63, 3.8) is 0 Å². The van der Waals surface area contributed by atoms with Crippen molar-refractivity contribution in [2.24, 2.45) is 0 Å². The van der Waals surface area contributed by atoms with Gasteiger partial charge in [-0.1, -0.05) is 0 Å². The zero-order chi connectivity index (χ0) is 13.9. The van der Waals surface area contributed by atoms with E-state index >= 15 is 0 Å².